The summed E-state index contributed by atoms with van der Waals surface area (Å²) in [4.78, 5) is 11.4. The summed E-state index contributed by atoms with van der Waals surface area (Å²) in [6, 6.07) is 8.48. The van der Waals surface area contributed by atoms with Crippen molar-refractivity contribution in [3.8, 4) is 6.07 Å². The largest absolute Gasteiger partial charge is 0.465 e. The fourth-order valence-corrected chi connectivity index (χ4v) is 1.27. The number of benzene rings is 1. The Labute approximate surface area is 93.2 Å². The zero-order chi connectivity index (χ0) is 11.3. The second-order valence-electron chi connectivity index (χ2n) is 2.87. The second kappa shape index (κ2) is 5.38. The number of ether oxygens (including phenoxy) is 1. The lowest BCUT2D eigenvalue weighted by atomic mass is 10.0. The number of halogens is 1. The molecule has 3 nitrogen and oxygen atoms in total. The van der Waals surface area contributed by atoms with Gasteiger partial charge in [0.05, 0.1) is 12.7 Å². The van der Waals surface area contributed by atoms with Crippen molar-refractivity contribution in [2.45, 2.75) is 12.8 Å². The van der Waals surface area contributed by atoms with Gasteiger partial charge in [-0.2, -0.15) is 5.26 Å². The standard InChI is InChI=1S/C11H10ClNO2/c1-2-15-11(14)10(7-13)8-3-5-9(12)6-4-8/h3-6,10H,2H2,1H3/t10-/m1/s1. The van der Waals surface area contributed by atoms with Crippen LogP contribution in [0.1, 0.15) is 18.4 Å². The average molecular weight is 224 g/mol. The molecule has 0 fully saturated rings. The maximum Gasteiger partial charge on any atom is 0.327 e. The van der Waals surface area contributed by atoms with Crippen molar-refractivity contribution in [3.63, 3.8) is 0 Å². The minimum Gasteiger partial charge on any atom is -0.465 e. The molecule has 0 bridgehead atoms. The highest BCUT2D eigenvalue weighted by molar-refractivity contribution is 6.30. The van der Waals surface area contributed by atoms with Gasteiger partial charge in [0.1, 0.15) is 0 Å². The number of esters is 1. The van der Waals surface area contributed by atoms with Gasteiger partial charge in [0.15, 0.2) is 5.92 Å². The van der Waals surface area contributed by atoms with Crippen LogP contribution in [0.4, 0.5) is 0 Å². The topological polar surface area (TPSA) is 50.1 Å². The van der Waals surface area contributed by atoms with Crippen molar-refractivity contribution in [2.75, 3.05) is 6.61 Å². The Morgan fingerprint density at radius 1 is 1.53 bits per heavy atom. The Morgan fingerprint density at radius 3 is 2.60 bits per heavy atom. The molecule has 0 N–H and O–H groups in total. The Bertz CT molecular complexity index is 381. The number of carbonyl (C=O) groups is 1. The molecule has 78 valence electrons. The zero-order valence-corrected chi connectivity index (χ0v) is 8.99. The summed E-state index contributed by atoms with van der Waals surface area (Å²) >= 11 is 5.70. The normalized spacial score (nSPS) is 11.5. The predicted octanol–water partition coefficient (Wildman–Crippen LogP) is 2.51. The average Bonchev–Trinajstić information content (AvgIpc) is 2.22. The zero-order valence-electron chi connectivity index (χ0n) is 8.24. The molecule has 1 rings (SSSR count). The number of hydrogen-bond acceptors (Lipinski definition) is 3. The van der Waals surface area contributed by atoms with E-state index in [4.69, 9.17) is 21.6 Å². The van der Waals surface area contributed by atoms with Crippen LogP contribution in [0.5, 0.6) is 0 Å². The lowest BCUT2D eigenvalue weighted by Gasteiger charge is -2.08. The van der Waals surface area contributed by atoms with Gasteiger partial charge in [-0.25, -0.2) is 0 Å². The number of nitriles is 1. The van der Waals surface area contributed by atoms with Gasteiger partial charge in [-0.1, -0.05) is 23.7 Å². The van der Waals surface area contributed by atoms with E-state index in [9.17, 15) is 4.79 Å². The van der Waals surface area contributed by atoms with E-state index in [0.717, 1.165) is 0 Å². The molecular weight excluding hydrogens is 214 g/mol. The van der Waals surface area contributed by atoms with Gasteiger partial charge in [-0.3, -0.25) is 4.79 Å². The Morgan fingerprint density at radius 2 is 2.13 bits per heavy atom. The van der Waals surface area contributed by atoms with Crippen molar-refractivity contribution in [3.05, 3.63) is 34.9 Å². The van der Waals surface area contributed by atoms with Crippen molar-refractivity contribution >= 4 is 17.6 Å². The van der Waals surface area contributed by atoms with Crippen molar-refractivity contribution in [2.24, 2.45) is 0 Å². The van der Waals surface area contributed by atoms with E-state index >= 15 is 0 Å². The van der Waals surface area contributed by atoms with Gasteiger partial charge in [0, 0.05) is 5.02 Å². The summed E-state index contributed by atoms with van der Waals surface area (Å²) in [6.45, 7) is 1.97. The van der Waals surface area contributed by atoms with E-state index in [0.29, 0.717) is 10.6 Å². The van der Waals surface area contributed by atoms with E-state index in [2.05, 4.69) is 0 Å². The lowest BCUT2D eigenvalue weighted by molar-refractivity contribution is -0.143. The van der Waals surface area contributed by atoms with Crippen LogP contribution in [0.15, 0.2) is 24.3 Å². The van der Waals surface area contributed by atoms with E-state index in [1.54, 1.807) is 31.2 Å². The molecule has 1 aromatic rings. The van der Waals surface area contributed by atoms with Gasteiger partial charge in [0.2, 0.25) is 0 Å². The molecule has 0 saturated carbocycles. The van der Waals surface area contributed by atoms with Crippen molar-refractivity contribution < 1.29 is 9.53 Å². The minimum absolute atomic E-state index is 0.268. The lowest BCUT2D eigenvalue weighted by Crippen LogP contribution is -2.14. The molecule has 0 aliphatic carbocycles. The highest BCUT2D eigenvalue weighted by atomic mass is 35.5. The molecule has 1 atom stereocenters. The van der Waals surface area contributed by atoms with E-state index in [-0.39, 0.29) is 6.61 Å². The number of nitrogens with zero attached hydrogens (tertiary/aromatic N) is 1. The molecule has 0 aliphatic heterocycles. The molecule has 0 heterocycles. The molecule has 15 heavy (non-hydrogen) atoms. The van der Waals surface area contributed by atoms with E-state index in [1.165, 1.54) is 0 Å². The molecule has 1 aromatic carbocycles. The van der Waals surface area contributed by atoms with Crippen LogP contribution in [0.2, 0.25) is 5.02 Å². The number of carbonyl (C=O) groups excluding carboxylic acids is 1. The fourth-order valence-electron chi connectivity index (χ4n) is 1.14. The van der Waals surface area contributed by atoms with Crippen LogP contribution < -0.4 is 0 Å². The van der Waals surface area contributed by atoms with Gasteiger partial charge < -0.3 is 4.74 Å². The quantitative estimate of drug-likeness (QED) is 0.740. The third-order valence-electron chi connectivity index (χ3n) is 1.85. The van der Waals surface area contributed by atoms with Gasteiger partial charge in [-0.05, 0) is 24.6 Å². The van der Waals surface area contributed by atoms with Crippen LogP contribution in [0.25, 0.3) is 0 Å². The van der Waals surface area contributed by atoms with Crippen LogP contribution in [-0.4, -0.2) is 12.6 Å². The third kappa shape index (κ3) is 2.97. The van der Waals surface area contributed by atoms with Crippen LogP contribution in [-0.2, 0) is 9.53 Å². The molecule has 0 radical (unpaired) electrons. The molecule has 0 aromatic heterocycles. The first kappa shape index (κ1) is 11.5. The highest BCUT2D eigenvalue weighted by Gasteiger charge is 2.20. The van der Waals surface area contributed by atoms with Crippen molar-refractivity contribution in [1.29, 1.82) is 5.26 Å². The first-order valence-electron chi connectivity index (χ1n) is 4.50. The fraction of sp³-hybridized carbons (Fsp3) is 0.273. The Hall–Kier alpha value is -1.53. The van der Waals surface area contributed by atoms with E-state index in [1.807, 2.05) is 6.07 Å². The van der Waals surface area contributed by atoms with Crippen LogP contribution in [0.3, 0.4) is 0 Å². The second-order valence-corrected chi connectivity index (χ2v) is 3.30. The molecule has 0 aliphatic rings. The summed E-state index contributed by atoms with van der Waals surface area (Å²) in [7, 11) is 0. The van der Waals surface area contributed by atoms with Gasteiger partial charge in [0.25, 0.3) is 0 Å². The Balaban J connectivity index is 2.89. The van der Waals surface area contributed by atoms with Crippen LogP contribution >= 0.6 is 11.6 Å². The molecule has 0 unspecified atom stereocenters. The monoisotopic (exact) mass is 223 g/mol. The first-order chi connectivity index (χ1) is 7.19. The molecule has 0 saturated heterocycles. The SMILES string of the molecule is CCOC(=O)[C@H](C#N)c1ccc(Cl)cc1. The highest BCUT2D eigenvalue weighted by Crippen LogP contribution is 2.19. The Kier molecular flexibility index (Phi) is 4.14. The van der Waals surface area contributed by atoms with Crippen molar-refractivity contribution in [1.82, 2.24) is 0 Å². The summed E-state index contributed by atoms with van der Waals surface area (Å²) in [5, 5.41) is 9.43. The minimum atomic E-state index is -0.873. The summed E-state index contributed by atoms with van der Waals surface area (Å²) in [5.74, 6) is -1.40. The molecule has 4 heteroatoms. The van der Waals surface area contributed by atoms with E-state index < -0.39 is 11.9 Å². The number of rotatable bonds is 3. The number of hydrogen-bond donors (Lipinski definition) is 0. The maximum absolute atomic E-state index is 11.4. The molecule has 0 amide bonds. The molecule has 0 spiro atoms. The van der Waals surface area contributed by atoms with Gasteiger partial charge >= 0.3 is 5.97 Å². The van der Waals surface area contributed by atoms with Gasteiger partial charge in [-0.15, -0.1) is 0 Å². The molecular formula is C11H10ClNO2. The predicted molar refractivity (Wildman–Crippen MR) is 56.4 cm³/mol. The smallest absolute Gasteiger partial charge is 0.327 e. The van der Waals surface area contributed by atoms with Crippen LogP contribution in [0, 0.1) is 11.3 Å². The third-order valence-corrected chi connectivity index (χ3v) is 2.11. The summed E-state index contributed by atoms with van der Waals surface area (Å²) < 4.78 is 4.79. The first-order valence-corrected chi connectivity index (χ1v) is 4.88. The summed E-state index contributed by atoms with van der Waals surface area (Å²) in [6.07, 6.45) is 0. The maximum atomic E-state index is 11.4. The summed E-state index contributed by atoms with van der Waals surface area (Å²) in [5.41, 5.74) is 0.598.